The number of aliphatic imine (C=N–C) groups is 1. The second-order valence-corrected chi connectivity index (χ2v) is 2.96. The number of aryl methyl sites for hydroxylation is 1. The van der Waals surface area contributed by atoms with Gasteiger partial charge >= 0.3 is 0 Å². The molecule has 1 aliphatic heterocycles. The van der Waals surface area contributed by atoms with Gasteiger partial charge in [0.2, 0.25) is 0 Å². The largest absolute Gasteiger partial charge is 0.487 e. The molecule has 0 saturated carbocycles. The molecule has 0 aromatic heterocycles. The van der Waals surface area contributed by atoms with Crippen molar-refractivity contribution < 1.29 is 4.74 Å². The molecule has 12 heavy (non-hydrogen) atoms. The van der Waals surface area contributed by atoms with Crippen molar-refractivity contribution in [1.29, 1.82) is 0 Å². The Bertz CT molecular complexity index is 342. The summed E-state index contributed by atoms with van der Waals surface area (Å²) < 4.78 is 5.43. The van der Waals surface area contributed by atoms with Crippen molar-refractivity contribution in [2.24, 2.45) is 4.99 Å². The molecule has 0 saturated heterocycles. The van der Waals surface area contributed by atoms with E-state index in [-0.39, 0.29) is 0 Å². The second-order valence-electron chi connectivity index (χ2n) is 2.96. The second kappa shape index (κ2) is 2.63. The molecule has 2 nitrogen and oxygen atoms in total. The highest BCUT2D eigenvalue weighted by Crippen LogP contribution is 2.25. The summed E-state index contributed by atoms with van der Waals surface area (Å²) in [5, 5.41) is 0. The molecular formula is C10H11NO. The Labute approximate surface area is 71.9 Å². The zero-order valence-electron chi connectivity index (χ0n) is 7.29. The van der Waals surface area contributed by atoms with E-state index < -0.39 is 0 Å². The SMILES string of the molecule is CN=C1COc2ccc(C)cc21. The molecule has 1 heterocycles. The van der Waals surface area contributed by atoms with E-state index in [9.17, 15) is 0 Å². The molecule has 2 heteroatoms. The van der Waals surface area contributed by atoms with E-state index in [4.69, 9.17) is 4.74 Å². The maximum atomic E-state index is 5.43. The van der Waals surface area contributed by atoms with Gasteiger partial charge in [-0.05, 0) is 19.1 Å². The van der Waals surface area contributed by atoms with Gasteiger partial charge < -0.3 is 4.74 Å². The van der Waals surface area contributed by atoms with Gasteiger partial charge in [-0.3, -0.25) is 4.99 Å². The third-order valence-electron chi connectivity index (χ3n) is 2.08. The molecule has 0 atom stereocenters. The summed E-state index contributed by atoms with van der Waals surface area (Å²) in [5.74, 6) is 0.959. The van der Waals surface area contributed by atoms with Crippen LogP contribution in [0.4, 0.5) is 0 Å². The van der Waals surface area contributed by atoms with Crippen molar-refractivity contribution in [3.05, 3.63) is 29.3 Å². The molecule has 2 rings (SSSR count). The standard InChI is InChI=1S/C10H11NO/c1-7-3-4-10-8(5-7)9(11-2)6-12-10/h3-5H,6H2,1-2H3. The summed E-state index contributed by atoms with van der Waals surface area (Å²) in [6, 6.07) is 6.17. The fourth-order valence-electron chi connectivity index (χ4n) is 1.40. The van der Waals surface area contributed by atoms with Crippen LogP contribution in [0.3, 0.4) is 0 Å². The lowest BCUT2D eigenvalue weighted by Gasteiger charge is -1.97. The molecule has 0 N–H and O–H groups in total. The van der Waals surface area contributed by atoms with Crippen LogP contribution in [0, 0.1) is 6.92 Å². The third kappa shape index (κ3) is 0.998. The van der Waals surface area contributed by atoms with Crippen molar-refractivity contribution in [1.82, 2.24) is 0 Å². The Morgan fingerprint density at radius 2 is 2.25 bits per heavy atom. The minimum Gasteiger partial charge on any atom is -0.487 e. The molecule has 0 bridgehead atoms. The first-order valence-corrected chi connectivity index (χ1v) is 4.01. The fraction of sp³-hybridized carbons (Fsp3) is 0.300. The summed E-state index contributed by atoms with van der Waals surface area (Å²) in [4.78, 5) is 4.16. The van der Waals surface area contributed by atoms with Gasteiger partial charge in [0.25, 0.3) is 0 Å². The predicted octanol–water partition coefficient (Wildman–Crippen LogP) is 1.81. The first-order chi connectivity index (χ1) is 5.81. The molecule has 1 aromatic carbocycles. The summed E-state index contributed by atoms with van der Waals surface area (Å²) in [7, 11) is 1.80. The Morgan fingerprint density at radius 1 is 1.42 bits per heavy atom. The number of benzene rings is 1. The van der Waals surface area contributed by atoms with Crippen LogP contribution >= 0.6 is 0 Å². The number of hydrogen-bond acceptors (Lipinski definition) is 2. The highest BCUT2D eigenvalue weighted by molar-refractivity contribution is 6.06. The van der Waals surface area contributed by atoms with Crippen molar-refractivity contribution >= 4 is 5.71 Å². The van der Waals surface area contributed by atoms with Crippen LogP contribution in [0.2, 0.25) is 0 Å². The Balaban J connectivity index is 2.57. The third-order valence-corrected chi connectivity index (χ3v) is 2.08. The van der Waals surface area contributed by atoms with Crippen molar-refractivity contribution in [2.45, 2.75) is 6.92 Å². The summed E-state index contributed by atoms with van der Waals surface area (Å²) >= 11 is 0. The lowest BCUT2D eigenvalue weighted by atomic mass is 10.1. The predicted molar refractivity (Wildman–Crippen MR) is 49.1 cm³/mol. The van der Waals surface area contributed by atoms with Gasteiger partial charge in [-0.1, -0.05) is 11.6 Å². The Morgan fingerprint density at radius 3 is 3.00 bits per heavy atom. The van der Waals surface area contributed by atoms with E-state index in [1.165, 1.54) is 5.56 Å². The van der Waals surface area contributed by atoms with Gasteiger partial charge in [0, 0.05) is 12.6 Å². The van der Waals surface area contributed by atoms with E-state index in [2.05, 4.69) is 24.0 Å². The summed E-state index contributed by atoms with van der Waals surface area (Å²) in [5.41, 5.74) is 3.45. The number of fused-ring (bicyclic) bond motifs is 1. The van der Waals surface area contributed by atoms with E-state index in [0.29, 0.717) is 6.61 Å². The zero-order valence-corrected chi connectivity index (χ0v) is 7.29. The average molecular weight is 161 g/mol. The van der Waals surface area contributed by atoms with E-state index in [0.717, 1.165) is 17.0 Å². The van der Waals surface area contributed by atoms with Crippen LogP contribution in [0.15, 0.2) is 23.2 Å². The molecule has 62 valence electrons. The maximum Gasteiger partial charge on any atom is 0.131 e. The summed E-state index contributed by atoms with van der Waals surface area (Å²) in [6.07, 6.45) is 0. The van der Waals surface area contributed by atoms with Crippen molar-refractivity contribution in [2.75, 3.05) is 13.7 Å². The van der Waals surface area contributed by atoms with Crippen LogP contribution in [-0.4, -0.2) is 19.4 Å². The summed E-state index contributed by atoms with van der Waals surface area (Å²) in [6.45, 7) is 2.70. The van der Waals surface area contributed by atoms with E-state index in [1.54, 1.807) is 7.05 Å². The zero-order chi connectivity index (χ0) is 8.55. The van der Waals surface area contributed by atoms with Crippen LogP contribution in [0.5, 0.6) is 5.75 Å². The normalized spacial score (nSPS) is 17.7. The van der Waals surface area contributed by atoms with Crippen LogP contribution < -0.4 is 4.74 Å². The number of rotatable bonds is 0. The highest BCUT2D eigenvalue weighted by Gasteiger charge is 2.17. The van der Waals surface area contributed by atoms with Crippen LogP contribution in [0.1, 0.15) is 11.1 Å². The Kier molecular flexibility index (Phi) is 1.61. The van der Waals surface area contributed by atoms with E-state index in [1.807, 2.05) is 6.07 Å². The molecule has 0 amide bonds. The first kappa shape index (κ1) is 7.35. The number of ether oxygens (including phenoxy) is 1. The molecule has 0 unspecified atom stereocenters. The minimum absolute atomic E-state index is 0.620. The van der Waals surface area contributed by atoms with Crippen molar-refractivity contribution in [3.63, 3.8) is 0 Å². The van der Waals surface area contributed by atoms with Gasteiger partial charge in [0.1, 0.15) is 12.4 Å². The number of hydrogen-bond donors (Lipinski definition) is 0. The van der Waals surface area contributed by atoms with Crippen molar-refractivity contribution in [3.8, 4) is 5.75 Å². The van der Waals surface area contributed by atoms with Crippen LogP contribution in [-0.2, 0) is 0 Å². The van der Waals surface area contributed by atoms with Gasteiger partial charge in [-0.15, -0.1) is 0 Å². The molecule has 1 aliphatic rings. The van der Waals surface area contributed by atoms with Gasteiger partial charge in [0.05, 0.1) is 5.71 Å². The average Bonchev–Trinajstić information content (AvgIpc) is 2.46. The lowest BCUT2D eigenvalue weighted by molar-refractivity contribution is 0.393. The van der Waals surface area contributed by atoms with Crippen LogP contribution in [0.25, 0.3) is 0 Å². The highest BCUT2D eigenvalue weighted by atomic mass is 16.5. The Hall–Kier alpha value is -1.31. The molecule has 0 radical (unpaired) electrons. The monoisotopic (exact) mass is 161 g/mol. The molecule has 0 aliphatic carbocycles. The van der Waals surface area contributed by atoms with Gasteiger partial charge in [-0.25, -0.2) is 0 Å². The minimum atomic E-state index is 0.620. The topological polar surface area (TPSA) is 21.6 Å². The quantitative estimate of drug-likeness (QED) is 0.568. The maximum absolute atomic E-state index is 5.43. The van der Waals surface area contributed by atoms with Gasteiger partial charge in [-0.2, -0.15) is 0 Å². The molecule has 1 aromatic rings. The fourth-order valence-corrected chi connectivity index (χ4v) is 1.40. The smallest absolute Gasteiger partial charge is 0.131 e. The number of nitrogens with zero attached hydrogens (tertiary/aromatic N) is 1. The first-order valence-electron chi connectivity index (χ1n) is 4.01. The molecular weight excluding hydrogens is 150 g/mol. The lowest BCUT2D eigenvalue weighted by Crippen LogP contribution is -2.01. The van der Waals surface area contributed by atoms with Gasteiger partial charge in [0.15, 0.2) is 0 Å². The molecule has 0 spiro atoms. The molecule has 0 fully saturated rings. The van der Waals surface area contributed by atoms with E-state index >= 15 is 0 Å².